The van der Waals surface area contributed by atoms with Crippen LogP contribution in [-0.2, 0) is 6.42 Å². The van der Waals surface area contributed by atoms with Crippen molar-refractivity contribution in [3.63, 3.8) is 0 Å². The molecule has 23 heavy (non-hydrogen) atoms. The number of ether oxygens (including phenoxy) is 2. The van der Waals surface area contributed by atoms with Gasteiger partial charge in [-0.05, 0) is 35.2 Å². The van der Waals surface area contributed by atoms with Crippen molar-refractivity contribution in [2.24, 2.45) is 0 Å². The summed E-state index contributed by atoms with van der Waals surface area (Å²) >= 11 is 0. The van der Waals surface area contributed by atoms with Crippen LogP contribution in [-0.4, -0.2) is 32.2 Å². The predicted octanol–water partition coefficient (Wildman–Crippen LogP) is 3.17. The van der Waals surface area contributed by atoms with Crippen LogP contribution in [0.5, 0.6) is 11.5 Å². The van der Waals surface area contributed by atoms with Gasteiger partial charge in [0.15, 0.2) is 11.5 Å². The lowest BCUT2D eigenvalue weighted by atomic mass is 9.87. The molecule has 2 aromatic rings. The Morgan fingerprint density at radius 1 is 1.13 bits per heavy atom. The Balaban J connectivity index is 2.13. The topological polar surface area (TPSA) is 45.5 Å². The molecule has 0 amide bonds. The molecule has 0 bridgehead atoms. The second kappa shape index (κ2) is 6.72. The van der Waals surface area contributed by atoms with Crippen molar-refractivity contribution in [2.45, 2.75) is 12.5 Å². The van der Waals surface area contributed by atoms with E-state index in [1.807, 2.05) is 18.2 Å². The molecule has 0 aromatic heterocycles. The molecule has 0 aliphatic carbocycles. The minimum atomic E-state index is 0.0689. The highest BCUT2D eigenvalue weighted by atomic mass is 16.5. The lowest BCUT2D eigenvalue weighted by Gasteiger charge is -2.36. The van der Waals surface area contributed by atoms with Crippen LogP contribution >= 0.6 is 0 Å². The monoisotopic (exact) mass is 308 g/mol. The smallest absolute Gasteiger partial charge is 0.161 e. The maximum atomic E-state index is 9.18. The maximum Gasteiger partial charge on any atom is 0.161 e. The molecule has 0 saturated heterocycles. The first kappa shape index (κ1) is 15.4. The van der Waals surface area contributed by atoms with Crippen molar-refractivity contribution in [1.82, 2.24) is 4.90 Å². The molecule has 0 N–H and O–H groups in total. The summed E-state index contributed by atoms with van der Waals surface area (Å²) < 4.78 is 10.9. The second-order valence-corrected chi connectivity index (χ2v) is 5.60. The zero-order valence-corrected chi connectivity index (χ0v) is 13.5. The molecule has 0 saturated carbocycles. The average molecular weight is 308 g/mol. The van der Waals surface area contributed by atoms with Crippen LogP contribution in [0.3, 0.4) is 0 Å². The second-order valence-electron chi connectivity index (χ2n) is 5.60. The van der Waals surface area contributed by atoms with E-state index in [2.05, 4.69) is 35.2 Å². The molecule has 1 atom stereocenters. The zero-order chi connectivity index (χ0) is 16.2. The first-order valence-corrected chi connectivity index (χ1v) is 7.69. The Morgan fingerprint density at radius 2 is 1.83 bits per heavy atom. The van der Waals surface area contributed by atoms with Crippen molar-refractivity contribution in [3.05, 3.63) is 59.2 Å². The van der Waals surface area contributed by atoms with E-state index in [0.29, 0.717) is 6.54 Å². The van der Waals surface area contributed by atoms with E-state index in [4.69, 9.17) is 9.47 Å². The van der Waals surface area contributed by atoms with Gasteiger partial charge in [-0.1, -0.05) is 30.3 Å². The van der Waals surface area contributed by atoms with Gasteiger partial charge in [0.05, 0.1) is 32.9 Å². The SMILES string of the molecule is COc1cc2c(cc1OC)C(c1ccccc1)N(CC#N)CC2. The summed E-state index contributed by atoms with van der Waals surface area (Å²) in [5, 5.41) is 9.18. The highest BCUT2D eigenvalue weighted by Crippen LogP contribution is 2.40. The fourth-order valence-corrected chi connectivity index (χ4v) is 3.28. The number of nitriles is 1. The van der Waals surface area contributed by atoms with E-state index in [1.54, 1.807) is 14.2 Å². The summed E-state index contributed by atoms with van der Waals surface area (Å²) in [5.41, 5.74) is 3.64. The van der Waals surface area contributed by atoms with Crippen LogP contribution in [0.1, 0.15) is 22.7 Å². The number of benzene rings is 2. The molecule has 1 heterocycles. The molecule has 1 unspecified atom stereocenters. The third kappa shape index (κ3) is 2.88. The van der Waals surface area contributed by atoms with Gasteiger partial charge in [-0.3, -0.25) is 4.90 Å². The third-order valence-corrected chi connectivity index (χ3v) is 4.36. The van der Waals surface area contributed by atoms with Gasteiger partial charge in [0.2, 0.25) is 0 Å². The van der Waals surface area contributed by atoms with Crippen LogP contribution in [0.2, 0.25) is 0 Å². The average Bonchev–Trinajstić information content (AvgIpc) is 2.61. The van der Waals surface area contributed by atoms with Crippen molar-refractivity contribution >= 4 is 0 Å². The predicted molar refractivity (Wildman–Crippen MR) is 88.7 cm³/mol. The number of fused-ring (bicyclic) bond motifs is 1. The maximum absolute atomic E-state index is 9.18. The first-order chi connectivity index (χ1) is 11.3. The van der Waals surface area contributed by atoms with Crippen LogP contribution in [0.15, 0.2) is 42.5 Å². The normalized spacial score (nSPS) is 17.2. The van der Waals surface area contributed by atoms with E-state index in [-0.39, 0.29) is 6.04 Å². The lowest BCUT2D eigenvalue weighted by molar-refractivity contribution is 0.238. The Labute approximate surface area is 136 Å². The Hall–Kier alpha value is -2.51. The molecule has 1 aliphatic heterocycles. The number of nitrogens with zero attached hydrogens (tertiary/aromatic N) is 2. The van der Waals surface area contributed by atoms with Crippen LogP contribution in [0.25, 0.3) is 0 Å². The quantitative estimate of drug-likeness (QED) is 0.814. The van der Waals surface area contributed by atoms with Gasteiger partial charge < -0.3 is 9.47 Å². The lowest BCUT2D eigenvalue weighted by Crippen LogP contribution is -2.36. The summed E-state index contributed by atoms with van der Waals surface area (Å²) in [4.78, 5) is 2.21. The number of hydrogen-bond acceptors (Lipinski definition) is 4. The molecule has 4 heteroatoms. The van der Waals surface area contributed by atoms with E-state index >= 15 is 0 Å². The van der Waals surface area contributed by atoms with Crippen LogP contribution in [0.4, 0.5) is 0 Å². The first-order valence-electron chi connectivity index (χ1n) is 7.69. The zero-order valence-electron chi connectivity index (χ0n) is 13.5. The highest BCUT2D eigenvalue weighted by molar-refractivity contribution is 5.51. The molecule has 4 nitrogen and oxygen atoms in total. The fraction of sp³-hybridized carbons (Fsp3) is 0.316. The summed E-state index contributed by atoms with van der Waals surface area (Å²) in [6, 6.07) is 16.8. The third-order valence-electron chi connectivity index (χ3n) is 4.36. The minimum Gasteiger partial charge on any atom is -0.493 e. The van der Waals surface area contributed by atoms with Crippen LogP contribution in [0, 0.1) is 11.3 Å². The van der Waals surface area contributed by atoms with Gasteiger partial charge >= 0.3 is 0 Å². The molecule has 0 spiro atoms. The standard InChI is InChI=1S/C19H20N2O2/c1-22-17-12-15-8-10-21(11-9-20)19(14-6-4-3-5-7-14)16(15)13-18(17)23-2/h3-7,12-13,19H,8,10-11H2,1-2H3. The number of methoxy groups -OCH3 is 2. The fourth-order valence-electron chi connectivity index (χ4n) is 3.28. The number of rotatable bonds is 4. The van der Waals surface area contributed by atoms with E-state index in [9.17, 15) is 5.26 Å². The molecule has 3 rings (SSSR count). The van der Waals surface area contributed by atoms with Crippen molar-refractivity contribution in [3.8, 4) is 17.6 Å². The Morgan fingerprint density at radius 3 is 2.48 bits per heavy atom. The minimum absolute atomic E-state index is 0.0689. The summed E-state index contributed by atoms with van der Waals surface area (Å²) in [5.74, 6) is 1.48. The molecular formula is C19H20N2O2. The highest BCUT2D eigenvalue weighted by Gasteiger charge is 2.30. The van der Waals surface area contributed by atoms with Crippen LogP contribution < -0.4 is 9.47 Å². The Bertz CT molecular complexity index is 722. The summed E-state index contributed by atoms with van der Waals surface area (Å²) in [6.07, 6.45) is 0.903. The van der Waals surface area contributed by atoms with Gasteiger partial charge in [-0.2, -0.15) is 5.26 Å². The van der Waals surface area contributed by atoms with Gasteiger partial charge in [-0.25, -0.2) is 0 Å². The molecular weight excluding hydrogens is 288 g/mol. The summed E-state index contributed by atoms with van der Waals surface area (Å²) in [6.45, 7) is 1.27. The van der Waals surface area contributed by atoms with Gasteiger partial charge in [-0.15, -0.1) is 0 Å². The van der Waals surface area contributed by atoms with E-state index in [0.717, 1.165) is 24.5 Å². The molecule has 0 radical (unpaired) electrons. The molecule has 1 aliphatic rings. The summed E-state index contributed by atoms with van der Waals surface area (Å²) in [7, 11) is 3.31. The Kier molecular flexibility index (Phi) is 4.50. The van der Waals surface area contributed by atoms with Gasteiger partial charge in [0.25, 0.3) is 0 Å². The van der Waals surface area contributed by atoms with Gasteiger partial charge in [0, 0.05) is 6.54 Å². The van der Waals surface area contributed by atoms with Crippen molar-refractivity contribution in [1.29, 1.82) is 5.26 Å². The van der Waals surface area contributed by atoms with Crippen molar-refractivity contribution in [2.75, 3.05) is 27.3 Å². The van der Waals surface area contributed by atoms with E-state index in [1.165, 1.54) is 16.7 Å². The molecule has 118 valence electrons. The number of hydrogen-bond donors (Lipinski definition) is 0. The molecule has 2 aromatic carbocycles. The van der Waals surface area contributed by atoms with Crippen molar-refractivity contribution < 1.29 is 9.47 Å². The largest absolute Gasteiger partial charge is 0.493 e. The van der Waals surface area contributed by atoms with E-state index < -0.39 is 0 Å². The van der Waals surface area contributed by atoms with Gasteiger partial charge in [0.1, 0.15) is 0 Å². The molecule has 0 fully saturated rings.